The van der Waals surface area contributed by atoms with Gasteiger partial charge in [-0.05, 0) is 30.9 Å². The molecule has 1 heterocycles. The molecule has 1 unspecified atom stereocenters. The van der Waals surface area contributed by atoms with Gasteiger partial charge < -0.3 is 4.74 Å². The second-order valence-electron chi connectivity index (χ2n) is 6.72. The normalized spacial score (nSPS) is 23.2. The van der Waals surface area contributed by atoms with Gasteiger partial charge in [0.05, 0.1) is 11.7 Å². The Labute approximate surface area is 128 Å². The third-order valence-corrected chi connectivity index (χ3v) is 4.12. The van der Waals surface area contributed by atoms with Crippen molar-refractivity contribution in [3.05, 3.63) is 35.4 Å². The Balaban J connectivity index is 2.01. The summed E-state index contributed by atoms with van der Waals surface area (Å²) < 4.78 is 5.97. The predicted octanol–water partition coefficient (Wildman–Crippen LogP) is 4.03. The monoisotopic (exact) mass is 295 g/mol. The summed E-state index contributed by atoms with van der Waals surface area (Å²) in [5, 5.41) is 0. The molecule has 0 N–H and O–H groups in total. The van der Waals surface area contributed by atoms with Gasteiger partial charge >= 0.3 is 0 Å². The minimum atomic E-state index is -0.115. The van der Waals surface area contributed by atoms with Crippen LogP contribution in [0.15, 0.2) is 24.3 Å². The molecule has 2 nitrogen and oxygen atoms in total. The fourth-order valence-electron chi connectivity index (χ4n) is 2.88. The third kappa shape index (κ3) is 4.21. The summed E-state index contributed by atoms with van der Waals surface area (Å²) in [5.41, 5.74) is 2.64. The number of nitrogens with zero attached hydrogens (tertiary/aromatic N) is 1. The van der Waals surface area contributed by atoms with Gasteiger partial charge in [-0.1, -0.05) is 38.1 Å². The molecule has 0 bridgehead atoms. The average molecular weight is 296 g/mol. The molecule has 0 spiro atoms. The largest absolute Gasteiger partial charge is 0.368 e. The quantitative estimate of drug-likeness (QED) is 0.778. The number of benzene rings is 1. The van der Waals surface area contributed by atoms with Crippen LogP contribution in [0.5, 0.6) is 0 Å². The van der Waals surface area contributed by atoms with Gasteiger partial charge in [-0.3, -0.25) is 4.90 Å². The van der Waals surface area contributed by atoms with Gasteiger partial charge in [0.25, 0.3) is 0 Å². The summed E-state index contributed by atoms with van der Waals surface area (Å²) in [6.07, 6.45) is 0.135. The van der Waals surface area contributed by atoms with Crippen molar-refractivity contribution < 1.29 is 4.74 Å². The number of hydrogen-bond donors (Lipinski definition) is 0. The van der Waals surface area contributed by atoms with E-state index in [-0.39, 0.29) is 11.7 Å². The lowest BCUT2D eigenvalue weighted by Gasteiger charge is -2.42. The molecule has 2 rings (SSSR count). The molecule has 1 aromatic rings. The number of rotatable bonds is 4. The SMILES string of the molecule is CC(C)c1ccc(CN2CC(CCl)OC(C)(C)C2)cc1. The zero-order chi connectivity index (χ0) is 14.8. The topological polar surface area (TPSA) is 12.5 Å². The summed E-state index contributed by atoms with van der Waals surface area (Å²) >= 11 is 5.98. The summed E-state index contributed by atoms with van der Waals surface area (Å²) in [4.78, 5) is 2.45. The number of hydrogen-bond acceptors (Lipinski definition) is 2. The second-order valence-corrected chi connectivity index (χ2v) is 7.03. The number of alkyl halides is 1. The van der Waals surface area contributed by atoms with E-state index in [1.807, 2.05) is 0 Å². The van der Waals surface area contributed by atoms with Crippen molar-refractivity contribution >= 4 is 11.6 Å². The maximum absolute atomic E-state index is 5.98. The van der Waals surface area contributed by atoms with E-state index < -0.39 is 0 Å². The number of halogens is 1. The summed E-state index contributed by atoms with van der Waals surface area (Å²) in [5.74, 6) is 1.15. The van der Waals surface area contributed by atoms with Gasteiger partial charge in [0.2, 0.25) is 0 Å². The van der Waals surface area contributed by atoms with E-state index in [1.54, 1.807) is 0 Å². The maximum atomic E-state index is 5.98. The van der Waals surface area contributed by atoms with Gasteiger partial charge in [-0.15, -0.1) is 11.6 Å². The first-order valence-corrected chi connectivity index (χ1v) is 7.98. The molecular weight excluding hydrogens is 270 g/mol. The molecule has 0 amide bonds. The molecule has 1 saturated heterocycles. The zero-order valence-corrected chi connectivity index (χ0v) is 13.8. The van der Waals surface area contributed by atoms with Crippen LogP contribution in [-0.2, 0) is 11.3 Å². The number of ether oxygens (including phenoxy) is 1. The van der Waals surface area contributed by atoms with Crippen LogP contribution in [0.4, 0.5) is 0 Å². The molecule has 1 aliphatic heterocycles. The Bertz CT molecular complexity index is 427. The molecule has 1 aliphatic rings. The molecule has 1 aromatic carbocycles. The lowest BCUT2D eigenvalue weighted by molar-refractivity contribution is -0.129. The highest BCUT2D eigenvalue weighted by atomic mass is 35.5. The van der Waals surface area contributed by atoms with Crippen molar-refractivity contribution in [2.75, 3.05) is 19.0 Å². The maximum Gasteiger partial charge on any atom is 0.0845 e. The van der Waals surface area contributed by atoms with Gasteiger partial charge in [0.15, 0.2) is 0 Å². The van der Waals surface area contributed by atoms with Crippen molar-refractivity contribution in [2.24, 2.45) is 0 Å². The van der Waals surface area contributed by atoms with Crippen LogP contribution < -0.4 is 0 Å². The molecule has 0 saturated carbocycles. The van der Waals surface area contributed by atoms with Gasteiger partial charge in [-0.2, -0.15) is 0 Å². The van der Waals surface area contributed by atoms with E-state index in [0.29, 0.717) is 11.8 Å². The van der Waals surface area contributed by atoms with Crippen LogP contribution >= 0.6 is 11.6 Å². The van der Waals surface area contributed by atoms with Crippen molar-refractivity contribution in [3.63, 3.8) is 0 Å². The van der Waals surface area contributed by atoms with E-state index in [0.717, 1.165) is 19.6 Å². The first-order valence-electron chi connectivity index (χ1n) is 7.44. The smallest absolute Gasteiger partial charge is 0.0845 e. The highest BCUT2D eigenvalue weighted by Crippen LogP contribution is 2.23. The molecule has 1 fully saturated rings. The summed E-state index contributed by atoms with van der Waals surface area (Å²) in [6, 6.07) is 8.97. The fourth-order valence-corrected chi connectivity index (χ4v) is 3.04. The molecule has 0 aromatic heterocycles. The van der Waals surface area contributed by atoms with Gasteiger partial charge in [0, 0.05) is 25.5 Å². The van der Waals surface area contributed by atoms with Crippen LogP contribution in [0.1, 0.15) is 44.7 Å². The first-order chi connectivity index (χ1) is 9.39. The Morgan fingerprint density at radius 1 is 1.30 bits per heavy atom. The highest BCUT2D eigenvalue weighted by molar-refractivity contribution is 6.18. The lowest BCUT2D eigenvalue weighted by Crippen LogP contribution is -2.52. The molecule has 1 atom stereocenters. The van der Waals surface area contributed by atoms with E-state index in [4.69, 9.17) is 16.3 Å². The van der Waals surface area contributed by atoms with E-state index in [9.17, 15) is 0 Å². The van der Waals surface area contributed by atoms with Crippen molar-refractivity contribution in [1.29, 1.82) is 0 Å². The minimum Gasteiger partial charge on any atom is -0.368 e. The average Bonchev–Trinajstić information content (AvgIpc) is 2.37. The summed E-state index contributed by atoms with van der Waals surface area (Å²) in [6.45, 7) is 11.6. The Kier molecular flexibility index (Phi) is 5.11. The molecule has 0 aliphatic carbocycles. The Morgan fingerprint density at radius 3 is 2.50 bits per heavy atom. The van der Waals surface area contributed by atoms with E-state index in [1.165, 1.54) is 11.1 Å². The molecule has 112 valence electrons. The van der Waals surface area contributed by atoms with E-state index >= 15 is 0 Å². The van der Waals surface area contributed by atoms with Crippen LogP contribution in [0.25, 0.3) is 0 Å². The van der Waals surface area contributed by atoms with Crippen LogP contribution in [0.3, 0.4) is 0 Å². The number of morpholine rings is 1. The van der Waals surface area contributed by atoms with Crippen LogP contribution in [0, 0.1) is 0 Å². The standard InChI is InChI=1S/C17H26ClNO/c1-13(2)15-7-5-14(6-8-15)10-19-11-16(9-18)20-17(3,4)12-19/h5-8,13,16H,9-12H2,1-4H3. The zero-order valence-electron chi connectivity index (χ0n) is 13.0. The van der Waals surface area contributed by atoms with Crippen molar-refractivity contribution in [1.82, 2.24) is 4.90 Å². The van der Waals surface area contributed by atoms with E-state index in [2.05, 4.69) is 56.9 Å². The van der Waals surface area contributed by atoms with Gasteiger partial charge in [0.1, 0.15) is 0 Å². The van der Waals surface area contributed by atoms with Crippen molar-refractivity contribution in [2.45, 2.75) is 51.9 Å². The lowest BCUT2D eigenvalue weighted by atomic mass is 10.0. The molecule has 3 heteroatoms. The predicted molar refractivity (Wildman–Crippen MR) is 85.5 cm³/mol. The third-order valence-electron chi connectivity index (χ3n) is 3.78. The van der Waals surface area contributed by atoms with Crippen LogP contribution in [-0.4, -0.2) is 35.6 Å². The van der Waals surface area contributed by atoms with Crippen LogP contribution in [0.2, 0.25) is 0 Å². The molecule has 20 heavy (non-hydrogen) atoms. The summed E-state index contributed by atoms with van der Waals surface area (Å²) in [7, 11) is 0. The minimum absolute atomic E-state index is 0.115. The fraction of sp³-hybridized carbons (Fsp3) is 0.647. The molecule has 0 radical (unpaired) electrons. The Morgan fingerprint density at radius 2 is 1.95 bits per heavy atom. The second kappa shape index (κ2) is 6.46. The van der Waals surface area contributed by atoms with Gasteiger partial charge in [-0.25, -0.2) is 0 Å². The molecular formula is C17H26ClNO. The Hall–Kier alpha value is -0.570. The van der Waals surface area contributed by atoms with Crippen molar-refractivity contribution in [3.8, 4) is 0 Å². The first kappa shape index (κ1) is 15.8. The highest BCUT2D eigenvalue weighted by Gasteiger charge is 2.32.